The first-order valence-electron chi connectivity index (χ1n) is 7.24. The summed E-state index contributed by atoms with van der Waals surface area (Å²) in [7, 11) is 1.59. The van der Waals surface area contributed by atoms with Crippen molar-refractivity contribution in [3.8, 4) is 5.75 Å². The lowest BCUT2D eigenvalue weighted by Gasteiger charge is -2.11. The van der Waals surface area contributed by atoms with Crippen LogP contribution in [-0.2, 0) is 17.9 Å². The molecule has 24 heavy (non-hydrogen) atoms. The van der Waals surface area contributed by atoms with Crippen molar-refractivity contribution in [3.63, 3.8) is 0 Å². The third-order valence-electron chi connectivity index (χ3n) is 3.50. The zero-order chi connectivity index (χ0) is 17.2. The van der Waals surface area contributed by atoms with Crippen LogP contribution >= 0.6 is 0 Å². The van der Waals surface area contributed by atoms with E-state index in [0.717, 1.165) is 22.4 Å². The molecular formula is C17H15F3N2O2. The molecule has 0 saturated heterocycles. The minimum absolute atomic E-state index is 0.237. The molecule has 3 rings (SSSR count). The highest BCUT2D eigenvalue weighted by molar-refractivity contribution is 5.76. The molecule has 2 aromatic carbocycles. The molecule has 0 fully saturated rings. The number of aromatic nitrogens is 2. The van der Waals surface area contributed by atoms with Crippen molar-refractivity contribution >= 4 is 11.0 Å². The van der Waals surface area contributed by atoms with Gasteiger partial charge in [0.05, 0.1) is 11.0 Å². The molecule has 0 saturated carbocycles. The van der Waals surface area contributed by atoms with Gasteiger partial charge in [0, 0.05) is 13.7 Å². The van der Waals surface area contributed by atoms with Crippen molar-refractivity contribution in [1.82, 2.24) is 9.55 Å². The van der Waals surface area contributed by atoms with Crippen molar-refractivity contribution in [2.24, 2.45) is 0 Å². The largest absolute Gasteiger partial charge is 0.573 e. The molecule has 7 heteroatoms. The number of hydrogen-bond donors (Lipinski definition) is 0. The van der Waals surface area contributed by atoms with Crippen LogP contribution in [0.15, 0.2) is 48.5 Å². The Morgan fingerprint density at radius 1 is 1.04 bits per heavy atom. The number of imidazole rings is 1. The van der Waals surface area contributed by atoms with E-state index < -0.39 is 6.36 Å². The highest BCUT2D eigenvalue weighted by Gasteiger charge is 2.30. The highest BCUT2D eigenvalue weighted by Crippen LogP contribution is 2.24. The smallest absolute Gasteiger partial charge is 0.406 e. The van der Waals surface area contributed by atoms with Gasteiger partial charge in [-0.3, -0.25) is 0 Å². The van der Waals surface area contributed by atoms with Crippen LogP contribution in [0.5, 0.6) is 5.75 Å². The van der Waals surface area contributed by atoms with Gasteiger partial charge in [0.25, 0.3) is 0 Å². The number of benzene rings is 2. The van der Waals surface area contributed by atoms with E-state index in [4.69, 9.17) is 4.74 Å². The standard InChI is InChI=1S/C17H15F3N2O2/c1-23-11-16-21-14-4-2-3-5-15(14)22(16)10-12-6-8-13(9-7-12)24-17(18,19)20/h2-9H,10-11H2,1H3. The van der Waals surface area contributed by atoms with E-state index >= 15 is 0 Å². The molecule has 0 unspecified atom stereocenters. The van der Waals surface area contributed by atoms with Crippen molar-refractivity contribution in [1.29, 1.82) is 0 Å². The van der Waals surface area contributed by atoms with E-state index in [1.807, 2.05) is 28.8 Å². The summed E-state index contributed by atoms with van der Waals surface area (Å²) in [4.78, 5) is 4.53. The quantitative estimate of drug-likeness (QED) is 0.703. The van der Waals surface area contributed by atoms with E-state index in [9.17, 15) is 13.2 Å². The minimum atomic E-state index is -4.69. The van der Waals surface area contributed by atoms with Gasteiger partial charge in [-0.05, 0) is 29.8 Å². The number of halogens is 3. The molecule has 0 aliphatic heterocycles. The Balaban J connectivity index is 1.88. The number of alkyl halides is 3. The molecule has 1 aromatic heterocycles. The van der Waals surface area contributed by atoms with E-state index in [2.05, 4.69) is 9.72 Å². The summed E-state index contributed by atoms with van der Waals surface area (Å²) in [6.45, 7) is 0.829. The van der Waals surface area contributed by atoms with Crippen molar-refractivity contribution < 1.29 is 22.6 Å². The number of ether oxygens (including phenoxy) is 2. The Morgan fingerprint density at radius 2 is 1.75 bits per heavy atom. The van der Waals surface area contributed by atoms with Crippen molar-refractivity contribution in [3.05, 3.63) is 59.9 Å². The third-order valence-corrected chi connectivity index (χ3v) is 3.50. The van der Waals surface area contributed by atoms with Crippen LogP contribution in [0.3, 0.4) is 0 Å². The van der Waals surface area contributed by atoms with Crippen LogP contribution in [0.2, 0.25) is 0 Å². The SMILES string of the molecule is COCc1nc2ccccc2n1Cc1ccc(OC(F)(F)F)cc1. The van der Waals surface area contributed by atoms with Gasteiger partial charge < -0.3 is 14.0 Å². The Bertz CT molecular complexity index is 826. The van der Waals surface area contributed by atoms with Crippen LogP contribution in [0.4, 0.5) is 13.2 Å². The Labute approximate surface area is 136 Å². The molecule has 4 nitrogen and oxygen atoms in total. The molecule has 0 bridgehead atoms. The molecule has 0 radical (unpaired) electrons. The number of methoxy groups -OCH3 is 1. The van der Waals surface area contributed by atoms with Gasteiger partial charge >= 0.3 is 6.36 Å². The second-order valence-corrected chi connectivity index (χ2v) is 5.23. The van der Waals surface area contributed by atoms with Gasteiger partial charge in [-0.2, -0.15) is 0 Å². The summed E-state index contributed by atoms with van der Waals surface area (Å²) in [5.74, 6) is 0.521. The Morgan fingerprint density at radius 3 is 2.42 bits per heavy atom. The number of hydrogen-bond acceptors (Lipinski definition) is 3. The lowest BCUT2D eigenvalue weighted by molar-refractivity contribution is -0.274. The second kappa shape index (κ2) is 6.52. The highest BCUT2D eigenvalue weighted by atomic mass is 19.4. The number of para-hydroxylation sites is 2. The second-order valence-electron chi connectivity index (χ2n) is 5.23. The Kier molecular flexibility index (Phi) is 4.44. The number of fused-ring (bicyclic) bond motifs is 1. The van der Waals surface area contributed by atoms with Gasteiger partial charge in [0.1, 0.15) is 18.2 Å². The van der Waals surface area contributed by atoms with Crippen molar-refractivity contribution in [2.45, 2.75) is 19.5 Å². The third kappa shape index (κ3) is 3.68. The van der Waals surface area contributed by atoms with E-state index in [-0.39, 0.29) is 5.75 Å². The summed E-state index contributed by atoms with van der Waals surface area (Å²) in [5.41, 5.74) is 2.63. The number of nitrogens with zero attached hydrogens (tertiary/aromatic N) is 2. The van der Waals surface area contributed by atoms with Gasteiger partial charge in [-0.15, -0.1) is 13.2 Å². The first kappa shape index (κ1) is 16.3. The predicted octanol–water partition coefficient (Wildman–Crippen LogP) is 4.13. The fourth-order valence-corrected chi connectivity index (χ4v) is 2.52. The van der Waals surface area contributed by atoms with E-state index in [0.29, 0.717) is 13.2 Å². The molecule has 0 spiro atoms. The van der Waals surface area contributed by atoms with Crippen LogP contribution in [0.25, 0.3) is 11.0 Å². The fraction of sp³-hybridized carbons (Fsp3) is 0.235. The molecule has 126 valence electrons. The monoisotopic (exact) mass is 336 g/mol. The minimum Gasteiger partial charge on any atom is -0.406 e. The average Bonchev–Trinajstić information content (AvgIpc) is 2.86. The Hall–Kier alpha value is -2.54. The maximum Gasteiger partial charge on any atom is 0.573 e. The summed E-state index contributed by atoms with van der Waals surface area (Å²) < 4.78 is 47.7. The molecule has 1 heterocycles. The zero-order valence-electron chi connectivity index (χ0n) is 12.9. The topological polar surface area (TPSA) is 36.3 Å². The lowest BCUT2D eigenvalue weighted by atomic mass is 10.2. The van der Waals surface area contributed by atoms with Crippen LogP contribution in [0.1, 0.15) is 11.4 Å². The molecular weight excluding hydrogens is 321 g/mol. The van der Waals surface area contributed by atoms with Gasteiger partial charge in [0.2, 0.25) is 0 Å². The fourth-order valence-electron chi connectivity index (χ4n) is 2.52. The normalized spacial score (nSPS) is 11.8. The van der Waals surface area contributed by atoms with Crippen LogP contribution in [0, 0.1) is 0 Å². The summed E-state index contributed by atoms with van der Waals surface area (Å²) in [6.07, 6.45) is -4.69. The maximum atomic E-state index is 12.2. The first-order valence-corrected chi connectivity index (χ1v) is 7.24. The average molecular weight is 336 g/mol. The number of rotatable bonds is 5. The maximum absolute atomic E-state index is 12.2. The first-order chi connectivity index (χ1) is 11.5. The molecule has 3 aromatic rings. The van der Waals surface area contributed by atoms with Gasteiger partial charge in [-0.25, -0.2) is 4.98 Å². The molecule has 0 amide bonds. The molecule has 0 aliphatic carbocycles. The molecule has 0 aliphatic rings. The molecule has 0 atom stereocenters. The van der Waals surface area contributed by atoms with E-state index in [1.54, 1.807) is 19.2 Å². The van der Waals surface area contributed by atoms with Gasteiger partial charge in [-0.1, -0.05) is 24.3 Å². The van der Waals surface area contributed by atoms with Crippen molar-refractivity contribution in [2.75, 3.05) is 7.11 Å². The summed E-state index contributed by atoms with van der Waals surface area (Å²) in [5, 5.41) is 0. The van der Waals surface area contributed by atoms with Gasteiger partial charge in [0.15, 0.2) is 0 Å². The van der Waals surface area contributed by atoms with Crippen LogP contribution < -0.4 is 4.74 Å². The summed E-state index contributed by atoms with van der Waals surface area (Å²) in [6, 6.07) is 13.5. The molecule has 0 N–H and O–H groups in total. The van der Waals surface area contributed by atoms with E-state index in [1.165, 1.54) is 12.1 Å². The lowest BCUT2D eigenvalue weighted by Crippen LogP contribution is -2.17. The predicted molar refractivity (Wildman–Crippen MR) is 82.7 cm³/mol. The zero-order valence-corrected chi connectivity index (χ0v) is 12.9. The summed E-state index contributed by atoms with van der Waals surface area (Å²) >= 11 is 0. The van der Waals surface area contributed by atoms with Crippen LogP contribution in [-0.4, -0.2) is 23.0 Å².